The summed E-state index contributed by atoms with van der Waals surface area (Å²) in [5.74, 6) is 0.394. The standard InChI is InChI=1S/C4H9OP/c1-4(5)2-3-6/h2,5H,3,6H2,1H3/b4-2-. The molecule has 0 aromatic heterocycles. The molecule has 0 rings (SSSR count). The van der Waals surface area contributed by atoms with Crippen LogP contribution in [0.1, 0.15) is 6.92 Å². The molecule has 6 heavy (non-hydrogen) atoms. The fraction of sp³-hybridized carbons (Fsp3) is 0.500. The van der Waals surface area contributed by atoms with Crippen molar-refractivity contribution in [2.24, 2.45) is 0 Å². The molecule has 1 atom stereocenters. The molecule has 0 heterocycles. The van der Waals surface area contributed by atoms with E-state index in [0.717, 1.165) is 6.16 Å². The van der Waals surface area contributed by atoms with E-state index in [1.54, 1.807) is 13.0 Å². The van der Waals surface area contributed by atoms with Crippen LogP contribution in [0.2, 0.25) is 0 Å². The van der Waals surface area contributed by atoms with Crippen molar-refractivity contribution in [1.29, 1.82) is 0 Å². The van der Waals surface area contributed by atoms with Crippen molar-refractivity contribution in [1.82, 2.24) is 0 Å². The third kappa shape index (κ3) is 3.97. The summed E-state index contributed by atoms with van der Waals surface area (Å²) in [6.07, 6.45) is 2.56. The van der Waals surface area contributed by atoms with Gasteiger partial charge in [-0.1, -0.05) is 0 Å². The van der Waals surface area contributed by atoms with Gasteiger partial charge in [0.25, 0.3) is 0 Å². The van der Waals surface area contributed by atoms with Crippen LogP contribution < -0.4 is 0 Å². The first kappa shape index (κ1) is 5.97. The van der Waals surface area contributed by atoms with Crippen molar-refractivity contribution in [2.45, 2.75) is 6.92 Å². The van der Waals surface area contributed by atoms with Gasteiger partial charge in [-0.2, -0.15) is 0 Å². The van der Waals surface area contributed by atoms with Gasteiger partial charge in [0.15, 0.2) is 0 Å². The maximum atomic E-state index is 8.40. The number of aliphatic hydroxyl groups is 1. The molecule has 0 saturated carbocycles. The van der Waals surface area contributed by atoms with Crippen LogP contribution in [0, 0.1) is 0 Å². The van der Waals surface area contributed by atoms with Gasteiger partial charge in [-0.3, -0.25) is 0 Å². The molecule has 0 saturated heterocycles. The van der Waals surface area contributed by atoms with Gasteiger partial charge >= 0.3 is 0 Å². The highest BCUT2D eigenvalue weighted by Crippen LogP contribution is 1.86. The smallest absolute Gasteiger partial charge is 0.0855 e. The van der Waals surface area contributed by atoms with Gasteiger partial charge in [0.05, 0.1) is 5.76 Å². The van der Waals surface area contributed by atoms with Gasteiger partial charge in [0.1, 0.15) is 0 Å². The normalized spacial score (nSPS) is 12.0. The molecule has 0 bridgehead atoms. The molecular formula is C4H9OP. The largest absolute Gasteiger partial charge is 0.513 e. The van der Waals surface area contributed by atoms with Crippen molar-refractivity contribution in [3.63, 3.8) is 0 Å². The maximum Gasteiger partial charge on any atom is 0.0855 e. The van der Waals surface area contributed by atoms with Gasteiger partial charge in [-0.05, 0) is 19.2 Å². The summed E-state index contributed by atoms with van der Waals surface area (Å²) in [5.41, 5.74) is 0. The Balaban J connectivity index is 3.14. The summed E-state index contributed by atoms with van der Waals surface area (Å²) in [6, 6.07) is 0. The Bertz CT molecular complexity index is 54.6. The minimum atomic E-state index is 0.394. The van der Waals surface area contributed by atoms with Crippen LogP contribution in [0.5, 0.6) is 0 Å². The second kappa shape index (κ2) is 3.17. The van der Waals surface area contributed by atoms with Gasteiger partial charge < -0.3 is 5.11 Å². The number of aliphatic hydroxyl groups excluding tert-OH is 1. The predicted octanol–water partition coefficient (Wildman–Crippen LogP) is 1.32. The third-order valence-electron chi connectivity index (χ3n) is 0.413. The van der Waals surface area contributed by atoms with Crippen LogP contribution in [0.3, 0.4) is 0 Å². The molecule has 0 fully saturated rings. The zero-order valence-electron chi connectivity index (χ0n) is 3.81. The molecule has 0 aliphatic heterocycles. The molecular weight excluding hydrogens is 95.0 g/mol. The van der Waals surface area contributed by atoms with E-state index in [4.69, 9.17) is 5.11 Å². The Morgan fingerprint density at radius 2 is 2.50 bits per heavy atom. The summed E-state index contributed by atoms with van der Waals surface area (Å²) >= 11 is 0. The molecule has 0 aromatic rings. The lowest BCUT2D eigenvalue weighted by atomic mass is 10.5. The molecule has 1 nitrogen and oxygen atoms in total. The molecule has 0 aromatic carbocycles. The minimum Gasteiger partial charge on any atom is -0.513 e. The minimum absolute atomic E-state index is 0.394. The van der Waals surface area contributed by atoms with Crippen molar-refractivity contribution < 1.29 is 5.11 Å². The predicted molar refractivity (Wildman–Crippen MR) is 31.0 cm³/mol. The first-order valence-electron chi connectivity index (χ1n) is 1.83. The molecule has 0 aliphatic carbocycles. The average molecular weight is 104 g/mol. The van der Waals surface area contributed by atoms with Crippen LogP contribution in [0.25, 0.3) is 0 Å². The Morgan fingerprint density at radius 3 is 2.50 bits per heavy atom. The van der Waals surface area contributed by atoms with Gasteiger partial charge in [0.2, 0.25) is 0 Å². The first-order valence-corrected chi connectivity index (χ1v) is 2.65. The van der Waals surface area contributed by atoms with Crippen molar-refractivity contribution in [3.05, 3.63) is 11.8 Å². The Hall–Kier alpha value is -0.0300. The van der Waals surface area contributed by atoms with Gasteiger partial charge in [0, 0.05) is 0 Å². The topological polar surface area (TPSA) is 20.2 Å². The molecule has 0 radical (unpaired) electrons. The maximum absolute atomic E-state index is 8.40. The quantitative estimate of drug-likeness (QED) is 0.393. The highest BCUT2D eigenvalue weighted by Gasteiger charge is 1.70. The monoisotopic (exact) mass is 104 g/mol. The number of allylic oxidation sites excluding steroid dienone is 2. The molecule has 1 unspecified atom stereocenters. The van der Waals surface area contributed by atoms with E-state index >= 15 is 0 Å². The second-order valence-corrected chi connectivity index (χ2v) is 1.55. The lowest BCUT2D eigenvalue weighted by Gasteiger charge is -1.80. The summed E-state index contributed by atoms with van der Waals surface area (Å²) in [7, 11) is 2.49. The Kier molecular flexibility index (Phi) is 3.16. The summed E-state index contributed by atoms with van der Waals surface area (Å²) in [6.45, 7) is 1.66. The first-order chi connectivity index (χ1) is 2.77. The van der Waals surface area contributed by atoms with Crippen LogP contribution in [-0.4, -0.2) is 11.3 Å². The highest BCUT2D eigenvalue weighted by atomic mass is 31.0. The van der Waals surface area contributed by atoms with Gasteiger partial charge in [-0.25, -0.2) is 0 Å². The molecule has 0 aliphatic rings. The molecule has 0 spiro atoms. The Labute approximate surface area is 40.3 Å². The summed E-state index contributed by atoms with van der Waals surface area (Å²) in [4.78, 5) is 0. The van der Waals surface area contributed by atoms with Crippen LogP contribution in [0.15, 0.2) is 11.8 Å². The molecule has 0 amide bonds. The van der Waals surface area contributed by atoms with E-state index in [2.05, 4.69) is 9.24 Å². The van der Waals surface area contributed by atoms with E-state index in [0.29, 0.717) is 5.76 Å². The van der Waals surface area contributed by atoms with Crippen LogP contribution >= 0.6 is 9.24 Å². The molecule has 2 heteroatoms. The van der Waals surface area contributed by atoms with Gasteiger partial charge in [-0.15, -0.1) is 9.24 Å². The van der Waals surface area contributed by atoms with E-state index in [1.165, 1.54) is 0 Å². The third-order valence-corrected chi connectivity index (χ3v) is 0.649. The number of hydrogen-bond acceptors (Lipinski definition) is 1. The van der Waals surface area contributed by atoms with E-state index < -0.39 is 0 Å². The fourth-order valence-corrected chi connectivity index (χ4v) is 0.512. The summed E-state index contributed by atoms with van der Waals surface area (Å²) < 4.78 is 0. The van der Waals surface area contributed by atoms with E-state index in [-0.39, 0.29) is 0 Å². The molecule has 36 valence electrons. The zero-order chi connectivity index (χ0) is 4.99. The van der Waals surface area contributed by atoms with E-state index in [1.807, 2.05) is 0 Å². The highest BCUT2D eigenvalue weighted by molar-refractivity contribution is 7.16. The van der Waals surface area contributed by atoms with Crippen molar-refractivity contribution in [3.8, 4) is 0 Å². The average Bonchev–Trinajstić information content (AvgIpc) is 1.35. The SMILES string of the molecule is C/C(O)=C/CP. The fourth-order valence-electron chi connectivity index (χ4n) is 0.171. The summed E-state index contributed by atoms with van der Waals surface area (Å²) in [5, 5.41) is 8.40. The second-order valence-electron chi connectivity index (χ2n) is 1.08. The van der Waals surface area contributed by atoms with Crippen LogP contribution in [0.4, 0.5) is 0 Å². The Morgan fingerprint density at radius 1 is 2.00 bits per heavy atom. The molecule has 1 N–H and O–H groups in total. The van der Waals surface area contributed by atoms with Crippen LogP contribution in [-0.2, 0) is 0 Å². The zero-order valence-corrected chi connectivity index (χ0v) is 4.96. The van der Waals surface area contributed by atoms with Crippen molar-refractivity contribution in [2.75, 3.05) is 6.16 Å². The number of hydrogen-bond donors (Lipinski definition) is 1. The number of rotatable bonds is 1. The lowest BCUT2D eigenvalue weighted by molar-refractivity contribution is 0.413. The lowest BCUT2D eigenvalue weighted by Crippen LogP contribution is -1.67. The van der Waals surface area contributed by atoms with Crippen molar-refractivity contribution >= 4 is 9.24 Å². The van der Waals surface area contributed by atoms with E-state index in [9.17, 15) is 0 Å².